The fourth-order valence-electron chi connectivity index (χ4n) is 2.30. The van der Waals surface area contributed by atoms with Crippen LogP contribution in [0.15, 0.2) is 0 Å². The number of hydrogen-bond donors (Lipinski definition) is 0. The number of hydrogen-bond acceptors (Lipinski definition) is 8. The van der Waals surface area contributed by atoms with Crippen molar-refractivity contribution in [2.75, 3.05) is 33.9 Å². The third-order valence-corrected chi connectivity index (χ3v) is 3.84. The number of esters is 1. The average molecular weight is 386 g/mol. The summed E-state index contributed by atoms with van der Waals surface area (Å²) in [5.41, 5.74) is -0.607. The van der Waals surface area contributed by atoms with Gasteiger partial charge >= 0.3 is 11.9 Å². The summed E-state index contributed by atoms with van der Waals surface area (Å²) in [6.45, 7) is 6.75. The molecule has 1 heterocycles. The van der Waals surface area contributed by atoms with Gasteiger partial charge in [0.2, 0.25) is 0 Å². The lowest BCUT2D eigenvalue weighted by molar-refractivity contribution is -0.198. The van der Waals surface area contributed by atoms with Crippen molar-refractivity contribution in [3.05, 3.63) is 0 Å². The molecule has 9 nitrogen and oxygen atoms in total. The summed E-state index contributed by atoms with van der Waals surface area (Å²) in [7, 11) is 3.89. The summed E-state index contributed by atoms with van der Waals surface area (Å²) in [5.74, 6) is -2.59. The Balaban J connectivity index is 2.29. The van der Waals surface area contributed by atoms with Crippen LogP contribution in [0.1, 0.15) is 46.5 Å². The van der Waals surface area contributed by atoms with Gasteiger partial charge < -0.3 is 19.2 Å². The molecule has 0 spiro atoms. The largest absolute Gasteiger partial charge is 0.463 e. The fourth-order valence-corrected chi connectivity index (χ4v) is 2.30. The molecule has 0 radical (unpaired) electrons. The molecule has 0 aromatic rings. The molecule has 1 unspecified atom stereocenters. The molecule has 1 rings (SSSR count). The van der Waals surface area contributed by atoms with Crippen molar-refractivity contribution in [2.24, 2.45) is 5.92 Å². The number of amides is 2. The van der Waals surface area contributed by atoms with Crippen molar-refractivity contribution in [3.63, 3.8) is 0 Å². The quantitative estimate of drug-likeness (QED) is 0.381. The lowest BCUT2D eigenvalue weighted by Gasteiger charge is -2.26. The van der Waals surface area contributed by atoms with Gasteiger partial charge in [-0.25, -0.2) is 4.79 Å². The summed E-state index contributed by atoms with van der Waals surface area (Å²) in [6, 6.07) is 0. The second-order valence-electron chi connectivity index (χ2n) is 7.63. The molecule has 27 heavy (non-hydrogen) atoms. The van der Waals surface area contributed by atoms with Gasteiger partial charge in [0.05, 0.1) is 18.6 Å². The zero-order valence-corrected chi connectivity index (χ0v) is 16.8. The maximum Gasteiger partial charge on any atom is 0.333 e. The van der Waals surface area contributed by atoms with E-state index in [1.165, 1.54) is 0 Å². The molecule has 0 saturated carbocycles. The molecule has 1 fully saturated rings. The van der Waals surface area contributed by atoms with E-state index in [-0.39, 0.29) is 38.2 Å². The van der Waals surface area contributed by atoms with E-state index in [1.807, 2.05) is 32.8 Å². The lowest BCUT2D eigenvalue weighted by Crippen LogP contribution is -2.35. The smallest absolute Gasteiger partial charge is 0.333 e. The Labute approximate surface area is 159 Å². The highest BCUT2D eigenvalue weighted by Crippen LogP contribution is 2.16. The van der Waals surface area contributed by atoms with Crippen molar-refractivity contribution in [2.45, 2.75) is 52.1 Å². The number of imide groups is 1. The molecule has 154 valence electrons. The number of ether oxygens (including phenoxy) is 2. The molecule has 0 bridgehead atoms. The second kappa shape index (κ2) is 10.4. The van der Waals surface area contributed by atoms with Crippen molar-refractivity contribution in [1.82, 2.24) is 9.96 Å². The van der Waals surface area contributed by atoms with Crippen molar-refractivity contribution in [3.8, 4) is 0 Å². The molecule has 0 aliphatic carbocycles. The first kappa shape index (κ1) is 23.0. The molecule has 1 aliphatic heterocycles. The van der Waals surface area contributed by atoms with Crippen LogP contribution in [0.2, 0.25) is 0 Å². The van der Waals surface area contributed by atoms with Crippen molar-refractivity contribution < 1.29 is 33.5 Å². The third-order valence-electron chi connectivity index (χ3n) is 3.84. The van der Waals surface area contributed by atoms with E-state index in [4.69, 9.17) is 14.3 Å². The van der Waals surface area contributed by atoms with Crippen molar-refractivity contribution in [1.29, 1.82) is 0 Å². The first-order valence-electron chi connectivity index (χ1n) is 9.01. The second-order valence-corrected chi connectivity index (χ2v) is 7.63. The molecule has 2 amide bonds. The van der Waals surface area contributed by atoms with E-state index >= 15 is 0 Å². The van der Waals surface area contributed by atoms with E-state index < -0.39 is 29.4 Å². The standard InChI is InChI=1S/C18H30N2O7/c1-13(11-17(24)27-20-14(21)6-7-15(20)22)10-16(23)25-12-18(2,3)26-9-8-19(4)5/h13H,6-12H2,1-5H3. The summed E-state index contributed by atoms with van der Waals surface area (Å²) in [6.07, 6.45) is 0.000440. The van der Waals surface area contributed by atoms with Gasteiger partial charge in [-0.05, 0) is 33.9 Å². The zero-order chi connectivity index (χ0) is 20.6. The average Bonchev–Trinajstić information content (AvgIpc) is 2.84. The Hall–Kier alpha value is -2.00. The molecule has 1 aliphatic rings. The van der Waals surface area contributed by atoms with Crippen LogP contribution >= 0.6 is 0 Å². The minimum atomic E-state index is -0.730. The van der Waals surface area contributed by atoms with Crippen LogP contribution in [0.4, 0.5) is 0 Å². The van der Waals surface area contributed by atoms with Crippen LogP contribution < -0.4 is 0 Å². The summed E-state index contributed by atoms with van der Waals surface area (Å²) >= 11 is 0. The van der Waals surface area contributed by atoms with Crippen LogP contribution in [-0.2, 0) is 33.5 Å². The predicted octanol–water partition coefficient (Wildman–Crippen LogP) is 0.910. The van der Waals surface area contributed by atoms with Crippen LogP contribution in [-0.4, -0.2) is 73.2 Å². The van der Waals surface area contributed by atoms with E-state index in [0.717, 1.165) is 6.54 Å². The normalized spacial score (nSPS) is 16.0. The Morgan fingerprint density at radius 1 is 1.11 bits per heavy atom. The van der Waals surface area contributed by atoms with Gasteiger partial charge in [0.1, 0.15) is 6.61 Å². The van der Waals surface area contributed by atoms with E-state index in [0.29, 0.717) is 11.7 Å². The number of carbonyl (C=O) groups excluding carboxylic acids is 4. The Morgan fingerprint density at radius 2 is 1.67 bits per heavy atom. The number of hydroxylamine groups is 2. The first-order chi connectivity index (χ1) is 12.5. The number of likely N-dealkylation sites (N-methyl/N-ethyl adjacent to an activating group) is 1. The fraction of sp³-hybridized carbons (Fsp3) is 0.778. The molecule has 0 aromatic heterocycles. The molecular weight excluding hydrogens is 356 g/mol. The van der Waals surface area contributed by atoms with Crippen LogP contribution in [0, 0.1) is 5.92 Å². The van der Waals surface area contributed by atoms with Crippen LogP contribution in [0.3, 0.4) is 0 Å². The predicted molar refractivity (Wildman–Crippen MR) is 95.1 cm³/mol. The van der Waals surface area contributed by atoms with Gasteiger partial charge in [-0.1, -0.05) is 6.92 Å². The van der Waals surface area contributed by atoms with Crippen LogP contribution in [0.5, 0.6) is 0 Å². The lowest BCUT2D eigenvalue weighted by atomic mass is 10.0. The molecule has 0 aromatic carbocycles. The molecule has 9 heteroatoms. The van der Waals surface area contributed by atoms with E-state index in [1.54, 1.807) is 6.92 Å². The minimum Gasteiger partial charge on any atom is -0.463 e. The molecule has 1 atom stereocenters. The van der Waals surface area contributed by atoms with E-state index in [9.17, 15) is 19.2 Å². The van der Waals surface area contributed by atoms with Gasteiger partial charge in [-0.15, -0.1) is 5.06 Å². The van der Waals surface area contributed by atoms with Crippen LogP contribution in [0.25, 0.3) is 0 Å². The Kier molecular flexibility index (Phi) is 8.84. The molecule has 0 N–H and O–H groups in total. The number of carbonyl (C=O) groups is 4. The minimum absolute atomic E-state index is 0.0186. The van der Waals surface area contributed by atoms with Gasteiger partial charge in [-0.2, -0.15) is 0 Å². The number of rotatable bonds is 11. The van der Waals surface area contributed by atoms with Gasteiger partial charge in [0.15, 0.2) is 0 Å². The molecule has 1 saturated heterocycles. The summed E-state index contributed by atoms with van der Waals surface area (Å²) in [5, 5.41) is 0.501. The van der Waals surface area contributed by atoms with Gasteiger partial charge in [-0.3, -0.25) is 14.4 Å². The van der Waals surface area contributed by atoms with Gasteiger partial charge in [0.25, 0.3) is 11.8 Å². The highest BCUT2D eigenvalue weighted by molar-refractivity contribution is 6.01. The van der Waals surface area contributed by atoms with E-state index in [2.05, 4.69) is 0 Å². The van der Waals surface area contributed by atoms with Crippen molar-refractivity contribution >= 4 is 23.8 Å². The monoisotopic (exact) mass is 386 g/mol. The highest BCUT2D eigenvalue weighted by Gasteiger charge is 2.33. The maximum absolute atomic E-state index is 12.0. The van der Waals surface area contributed by atoms with Gasteiger partial charge in [0, 0.05) is 25.8 Å². The third kappa shape index (κ3) is 8.96. The first-order valence-corrected chi connectivity index (χ1v) is 9.01. The molecular formula is C18H30N2O7. The maximum atomic E-state index is 12.0. The Bertz CT molecular complexity index is 544. The topological polar surface area (TPSA) is 102 Å². The summed E-state index contributed by atoms with van der Waals surface area (Å²) in [4.78, 5) is 53.4. The number of nitrogens with zero attached hydrogens (tertiary/aromatic N) is 2. The zero-order valence-electron chi connectivity index (χ0n) is 16.8. The SMILES string of the molecule is CC(CC(=O)OCC(C)(C)OCCN(C)C)CC(=O)ON1C(=O)CCC1=O. The highest BCUT2D eigenvalue weighted by atomic mass is 16.7. The Morgan fingerprint density at radius 3 is 2.22 bits per heavy atom. The summed E-state index contributed by atoms with van der Waals surface area (Å²) < 4.78 is 10.9.